The topological polar surface area (TPSA) is 136 Å². The maximum absolute atomic E-state index is 12.5. The molecule has 1 rings (SSSR count). The molecule has 11 nitrogen and oxygen atoms in total. The fraction of sp³-hybridized carbons (Fsp3) is 0.667. The highest BCUT2D eigenvalue weighted by Gasteiger charge is 2.24. The predicted octanol–water partition coefficient (Wildman–Crippen LogP) is 5.32. The molecule has 0 radical (unpaired) electrons. The van der Waals surface area contributed by atoms with Crippen molar-refractivity contribution in [1.82, 2.24) is 5.32 Å². The van der Waals surface area contributed by atoms with E-state index in [-0.39, 0.29) is 72.9 Å². The molecule has 41 heavy (non-hydrogen) atoms. The third-order valence-corrected chi connectivity index (χ3v) is 5.68. The SMILES string of the molecule is COC(=O)[C@H](Cc1ccc(OC(=O)OCC(C)(C)C)c(OC(=O)OCC(C)(C)C)c1)NCCOC(=O)C(C)C(C)C. The Kier molecular flexibility index (Phi) is 14.1. The summed E-state index contributed by atoms with van der Waals surface area (Å²) in [4.78, 5) is 49.3. The first kappa shape index (κ1) is 35.7. The van der Waals surface area contributed by atoms with Crippen molar-refractivity contribution >= 4 is 24.2 Å². The lowest BCUT2D eigenvalue weighted by Crippen LogP contribution is -2.41. The van der Waals surface area contributed by atoms with Gasteiger partial charge in [-0.25, -0.2) is 9.59 Å². The van der Waals surface area contributed by atoms with E-state index >= 15 is 0 Å². The van der Waals surface area contributed by atoms with Crippen LogP contribution in [0.25, 0.3) is 0 Å². The van der Waals surface area contributed by atoms with Crippen LogP contribution in [0.1, 0.15) is 67.9 Å². The number of benzene rings is 1. The van der Waals surface area contributed by atoms with Crippen molar-refractivity contribution in [3.8, 4) is 11.5 Å². The van der Waals surface area contributed by atoms with E-state index in [1.165, 1.54) is 19.2 Å². The number of nitrogens with one attached hydrogen (secondary N) is 1. The van der Waals surface area contributed by atoms with E-state index in [2.05, 4.69) is 5.32 Å². The number of hydrogen-bond donors (Lipinski definition) is 1. The first-order valence-corrected chi connectivity index (χ1v) is 13.7. The Morgan fingerprint density at radius 1 is 0.780 bits per heavy atom. The van der Waals surface area contributed by atoms with Gasteiger partial charge in [-0.2, -0.15) is 0 Å². The molecule has 1 aromatic carbocycles. The number of rotatable bonds is 13. The standard InChI is InChI=1S/C30H47NO10/c1-19(2)20(3)25(32)37-14-13-31-22(26(33)36-10)15-21-11-12-23(40-27(34)38-17-29(4,5)6)24(16-21)41-28(35)39-18-30(7,8)9/h11-12,16,19-20,22,31H,13-15,17-18H2,1-10H3/t20?,22-/m0/s1. The minimum absolute atomic E-state index is 0.0610. The molecular weight excluding hydrogens is 534 g/mol. The Labute approximate surface area is 243 Å². The van der Waals surface area contributed by atoms with E-state index in [1.807, 2.05) is 55.4 Å². The molecular formula is C30H47NO10. The molecule has 0 aromatic heterocycles. The predicted molar refractivity (Wildman–Crippen MR) is 152 cm³/mol. The molecule has 0 amide bonds. The van der Waals surface area contributed by atoms with Gasteiger partial charge in [0, 0.05) is 6.54 Å². The van der Waals surface area contributed by atoms with Crippen LogP contribution in [-0.4, -0.2) is 63.8 Å². The summed E-state index contributed by atoms with van der Waals surface area (Å²) in [6.07, 6.45) is -1.81. The van der Waals surface area contributed by atoms with Crippen molar-refractivity contribution in [1.29, 1.82) is 0 Å². The summed E-state index contributed by atoms with van der Waals surface area (Å²) in [5, 5.41) is 3.03. The molecule has 0 spiro atoms. The van der Waals surface area contributed by atoms with Crippen LogP contribution in [0, 0.1) is 22.7 Å². The highest BCUT2D eigenvalue weighted by atomic mass is 16.7. The fourth-order valence-electron chi connectivity index (χ4n) is 3.04. The van der Waals surface area contributed by atoms with Gasteiger partial charge in [0.15, 0.2) is 11.5 Å². The Bertz CT molecular complexity index is 1020. The number of esters is 2. The van der Waals surface area contributed by atoms with E-state index in [0.717, 1.165) is 0 Å². The van der Waals surface area contributed by atoms with Gasteiger partial charge in [0.05, 0.1) is 26.2 Å². The second kappa shape index (κ2) is 16.2. The van der Waals surface area contributed by atoms with Crippen LogP contribution >= 0.6 is 0 Å². The van der Waals surface area contributed by atoms with Crippen LogP contribution in [0.15, 0.2) is 18.2 Å². The van der Waals surface area contributed by atoms with Crippen LogP contribution < -0.4 is 14.8 Å². The zero-order valence-corrected chi connectivity index (χ0v) is 26.1. The van der Waals surface area contributed by atoms with Crippen LogP contribution in [0.5, 0.6) is 11.5 Å². The molecule has 0 saturated heterocycles. The molecule has 0 aliphatic carbocycles. The summed E-state index contributed by atoms with van der Waals surface area (Å²) < 4.78 is 31.3. The van der Waals surface area contributed by atoms with Gasteiger partial charge in [-0.05, 0) is 40.9 Å². The first-order chi connectivity index (χ1) is 18.9. The molecule has 1 aromatic rings. The first-order valence-electron chi connectivity index (χ1n) is 13.7. The number of hydrogen-bond acceptors (Lipinski definition) is 11. The Morgan fingerprint density at radius 3 is 1.80 bits per heavy atom. The van der Waals surface area contributed by atoms with E-state index in [0.29, 0.717) is 5.56 Å². The largest absolute Gasteiger partial charge is 0.513 e. The van der Waals surface area contributed by atoms with Gasteiger partial charge >= 0.3 is 24.2 Å². The Morgan fingerprint density at radius 2 is 1.32 bits per heavy atom. The van der Waals surface area contributed by atoms with Gasteiger partial charge in [-0.1, -0.05) is 68.4 Å². The van der Waals surface area contributed by atoms with Crippen LogP contribution in [0.4, 0.5) is 9.59 Å². The van der Waals surface area contributed by atoms with Gasteiger partial charge in [0.2, 0.25) is 0 Å². The molecule has 232 valence electrons. The van der Waals surface area contributed by atoms with Gasteiger partial charge in [-0.15, -0.1) is 0 Å². The summed E-state index contributed by atoms with van der Waals surface area (Å²) in [6, 6.07) is 3.71. The van der Waals surface area contributed by atoms with Crippen molar-refractivity contribution in [2.45, 2.75) is 74.8 Å². The zero-order chi connectivity index (χ0) is 31.4. The van der Waals surface area contributed by atoms with E-state index in [1.54, 1.807) is 13.0 Å². The summed E-state index contributed by atoms with van der Waals surface area (Å²) >= 11 is 0. The lowest BCUT2D eigenvalue weighted by Gasteiger charge is -2.20. The van der Waals surface area contributed by atoms with Crippen molar-refractivity contribution in [2.24, 2.45) is 22.7 Å². The second-order valence-electron chi connectivity index (χ2n) is 12.6. The van der Waals surface area contributed by atoms with Crippen molar-refractivity contribution in [2.75, 3.05) is 33.5 Å². The Hall–Kier alpha value is -3.34. The van der Waals surface area contributed by atoms with Crippen LogP contribution in [-0.2, 0) is 35.0 Å². The molecule has 0 aliphatic rings. The average molecular weight is 582 g/mol. The molecule has 0 bridgehead atoms. The molecule has 0 heterocycles. The number of methoxy groups -OCH3 is 1. The highest BCUT2D eigenvalue weighted by molar-refractivity contribution is 5.76. The third-order valence-electron chi connectivity index (χ3n) is 5.68. The van der Waals surface area contributed by atoms with E-state index in [9.17, 15) is 19.2 Å². The van der Waals surface area contributed by atoms with Crippen LogP contribution in [0.3, 0.4) is 0 Å². The number of ether oxygens (including phenoxy) is 6. The summed E-state index contributed by atoms with van der Waals surface area (Å²) in [5.74, 6) is -1.10. The fourth-order valence-corrected chi connectivity index (χ4v) is 3.04. The summed E-state index contributed by atoms with van der Waals surface area (Å²) in [7, 11) is 1.27. The minimum atomic E-state index is -0.981. The van der Waals surface area contributed by atoms with Gasteiger partial charge < -0.3 is 33.7 Å². The smallest absolute Gasteiger partial charge is 0.468 e. The number of carbonyl (C=O) groups excluding carboxylic acids is 4. The minimum Gasteiger partial charge on any atom is -0.468 e. The summed E-state index contributed by atoms with van der Waals surface area (Å²) in [6.45, 7) is 17.6. The lowest BCUT2D eigenvalue weighted by atomic mass is 9.99. The van der Waals surface area contributed by atoms with Crippen molar-refractivity contribution < 1.29 is 47.6 Å². The molecule has 0 saturated carbocycles. The molecule has 1 unspecified atom stereocenters. The second-order valence-corrected chi connectivity index (χ2v) is 12.6. The third kappa shape index (κ3) is 14.7. The van der Waals surface area contributed by atoms with E-state index < -0.39 is 24.3 Å². The Balaban J connectivity index is 3.05. The molecule has 2 atom stereocenters. The highest BCUT2D eigenvalue weighted by Crippen LogP contribution is 2.30. The monoisotopic (exact) mass is 581 g/mol. The zero-order valence-electron chi connectivity index (χ0n) is 26.1. The average Bonchev–Trinajstić information content (AvgIpc) is 2.87. The molecule has 11 heteroatoms. The van der Waals surface area contributed by atoms with Crippen molar-refractivity contribution in [3.63, 3.8) is 0 Å². The molecule has 1 N–H and O–H groups in total. The summed E-state index contributed by atoms with van der Waals surface area (Å²) in [5.41, 5.74) is -0.00967. The molecule has 0 fully saturated rings. The lowest BCUT2D eigenvalue weighted by molar-refractivity contribution is -0.149. The maximum Gasteiger partial charge on any atom is 0.513 e. The van der Waals surface area contributed by atoms with Gasteiger partial charge in [0.1, 0.15) is 12.6 Å². The van der Waals surface area contributed by atoms with Gasteiger partial charge in [-0.3, -0.25) is 9.59 Å². The van der Waals surface area contributed by atoms with E-state index in [4.69, 9.17) is 28.4 Å². The quantitative estimate of drug-likeness (QED) is 0.140. The van der Waals surface area contributed by atoms with Gasteiger partial charge in [0.25, 0.3) is 0 Å². The van der Waals surface area contributed by atoms with Crippen molar-refractivity contribution in [3.05, 3.63) is 23.8 Å². The normalized spacial score (nSPS) is 13.1. The number of carbonyl (C=O) groups is 4. The van der Waals surface area contributed by atoms with Crippen LogP contribution in [0.2, 0.25) is 0 Å². The maximum atomic E-state index is 12.5. The molecule has 0 aliphatic heterocycles.